The van der Waals surface area contributed by atoms with Gasteiger partial charge >= 0.3 is 5.97 Å². The van der Waals surface area contributed by atoms with E-state index in [-0.39, 0.29) is 12.5 Å². The van der Waals surface area contributed by atoms with Crippen molar-refractivity contribution in [3.05, 3.63) is 0 Å². The minimum absolute atomic E-state index is 0.0343. The molecule has 0 aliphatic rings. The average molecular weight is 243 g/mol. The second kappa shape index (κ2) is 16.9. The van der Waals surface area contributed by atoms with Crippen molar-refractivity contribution < 1.29 is 14.3 Å². The van der Waals surface area contributed by atoms with Crippen molar-refractivity contribution >= 4 is 11.9 Å². The zero-order chi connectivity index (χ0) is 14.3. The summed E-state index contributed by atoms with van der Waals surface area (Å²) in [6.07, 6.45) is 9.31. The van der Waals surface area contributed by atoms with Crippen LogP contribution in [0, 0.1) is 18.8 Å². The van der Waals surface area contributed by atoms with Gasteiger partial charge in [-0.1, -0.05) is 27.7 Å². The summed E-state index contributed by atoms with van der Waals surface area (Å²) < 4.78 is 4.37. The largest absolute Gasteiger partial charge is 0.468 e. The summed E-state index contributed by atoms with van der Waals surface area (Å²) in [6, 6.07) is 0. The molecule has 0 saturated carbocycles. The summed E-state index contributed by atoms with van der Waals surface area (Å²) >= 11 is 0. The molecule has 1 amide bonds. The van der Waals surface area contributed by atoms with Gasteiger partial charge in [-0.15, -0.1) is 12.8 Å². The number of hydrogen-bond acceptors (Lipinski definition) is 3. The normalized spacial score (nSPS) is 8.00. The van der Waals surface area contributed by atoms with E-state index in [9.17, 15) is 9.59 Å². The zero-order valence-corrected chi connectivity index (χ0v) is 11.6. The van der Waals surface area contributed by atoms with Gasteiger partial charge in [0.25, 0.3) is 0 Å². The molecular weight excluding hydrogens is 218 g/mol. The van der Waals surface area contributed by atoms with Crippen LogP contribution in [0.1, 0.15) is 40.5 Å². The second-order valence-electron chi connectivity index (χ2n) is 3.29. The second-order valence-corrected chi connectivity index (χ2v) is 3.29. The summed E-state index contributed by atoms with van der Waals surface area (Å²) in [5, 5.41) is 2.48. The molecule has 0 bridgehead atoms. The van der Waals surface area contributed by atoms with Crippen LogP contribution in [0.15, 0.2) is 0 Å². The van der Waals surface area contributed by atoms with Gasteiger partial charge in [-0.25, -0.2) is 0 Å². The molecule has 1 N–H and O–H groups in total. The number of carbonyl (C=O) groups excluding carboxylic acids is 2. The minimum Gasteiger partial charge on any atom is -0.468 e. The maximum atomic E-state index is 11.0. The van der Waals surface area contributed by atoms with Crippen molar-refractivity contribution in [3.63, 3.8) is 0 Å². The van der Waals surface area contributed by atoms with E-state index in [1.54, 1.807) is 0 Å². The monoisotopic (exact) mass is 243 g/mol. The maximum Gasteiger partial charge on any atom is 0.325 e. The SMILES string of the molecule is C#C.CC.COC(=O)CNC(=O)CCC(C)C. The Kier molecular flexibility index (Phi) is 20.7. The Morgan fingerprint density at radius 3 is 2.06 bits per heavy atom. The first-order valence-corrected chi connectivity index (χ1v) is 5.73. The Bertz CT molecular complexity index is 210. The van der Waals surface area contributed by atoms with Crippen LogP contribution in [-0.4, -0.2) is 25.5 Å². The molecule has 0 heterocycles. The lowest BCUT2D eigenvalue weighted by molar-refractivity contribution is -0.141. The Hall–Kier alpha value is -1.50. The van der Waals surface area contributed by atoms with Crippen LogP contribution in [0.3, 0.4) is 0 Å². The number of terminal acetylenes is 1. The lowest BCUT2D eigenvalue weighted by Gasteiger charge is -2.05. The number of hydrogen-bond donors (Lipinski definition) is 1. The lowest BCUT2D eigenvalue weighted by atomic mass is 10.1. The van der Waals surface area contributed by atoms with E-state index in [1.807, 2.05) is 27.7 Å². The third kappa shape index (κ3) is 20.5. The quantitative estimate of drug-likeness (QED) is 0.593. The Morgan fingerprint density at radius 1 is 1.24 bits per heavy atom. The van der Waals surface area contributed by atoms with Crippen LogP contribution in [0.25, 0.3) is 0 Å². The van der Waals surface area contributed by atoms with Gasteiger partial charge in [-0.3, -0.25) is 9.59 Å². The summed E-state index contributed by atoms with van der Waals surface area (Å²) in [5.74, 6) is -0.0131. The molecule has 0 rings (SSSR count). The molecule has 0 saturated heterocycles. The Balaban J connectivity index is -0.000000439. The van der Waals surface area contributed by atoms with Gasteiger partial charge in [0.1, 0.15) is 6.54 Å². The fourth-order valence-electron chi connectivity index (χ4n) is 0.751. The first-order chi connectivity index (χ1) is 8.06. The maximum absolute atomic E-state index is 11.0. The first kappa shape index (κ1) is 20.9. The number of methoxy groups -OCH3 is 1. The number of carbonyl (C=O) groups is 2. The first-order valence-electron chi connectivity index (χ1n) is 5.73. The number of nitrogens with one attached hydrogen (secondary N) is 1. The van der Waals surface area contributed by atoms with Gasteiger partial charge in [0.2, 0.25) is 5.91 Å². The molecule has 0 atom stereocenters. The number of esters is 1. The molecule has 0 aromatic heterocycles. The minimum atomic E-state index is -0.419. The van der Waals surface area contributed by atoms with E-state index in [0.717, 1.165) is 6.42 Å². The molecule has 0 aromatic carbocycles. The lowest BCUT2D eigenvalue weighted by Crippen LogP contribution is -2.30. The van der Waals surface area contributed by atoms with Crippen molar-refractivity contribution in [2.75, 3.05) is 13.7 Å². The molecule has 0 aliphatic heterocycles. The topological polar surface area (TPSA) is 55.4 Å². The van der Waals surface area contributed by atoms with Crippen molar-refractivity contribution in [3.8, 4) is 12.8 Å². The van der Waals surface area contributed by atoms with Gasteiger partial charge in [-0.05, 0) is 12.3 Å². The predicted molar refractivity (Wildman–Crippen MR) is 70.3 cm³/mol. The average Bonchev–Trinajstić information content (AvgIpc) is 2.38. The highest BCUT2D eigenvalue weighted by Crippen LogP contribution is 2.02. The van der Waals surface area contributed by atoms with Crippen molar-refractivity contribution in [2.45, 2.75) is 40.5 Å². The Morgan fingerprint density at radius 2 is 1.71 bits per heavy atom. The molecule has 100 valence electrons. The van der Waals surface area contributed by atoms with Gasteiger partial charge in [0.05, 0.1) is 7.11 Å². The van der Waals surface area contributed by atoms with E-state index >= 15 is 0 Å². The van der Waals surface area contributed by atoms with Crippen LogP contribution in [-0.2, 0) is 14.3 Å². The molecule has 0 radical (unpaired) electrons. The number of amides is 1. The van der Waals surface area contributed by atoms with Crippen molar-refractivity contribution in [2.24, 2.45) is 5.92 Å². The standard InChI is InChI=1S/C9H17NO3.C2H6.C2H2/c1-7(2)4-5-8(11)10-6-9(12)13-3;2*1-2/h7H,4-6H2,1-3H3,(H,10,11);1-2H3;1-2H. The third-order valence-corrected chi connectivity index (χ3v) is 1.61. The highest BCUT2D eigenvalue weighted by molar-refractivity contribution is 5.81. The van der Waals surface area contributed by atoms with E-state index < -0.39 is 5.97 Å². The van der Waals surface area contributed by atoms with Gasteiger partial charge in [0, 0.05) is 6.42 Å². The van der Waals surface area contributed by atoms with E-state index in [2.05, 4.69) is 22.9 Å². The third-order valence-electron chi connectivity index (χ3n) is 1.61. The zero-order valence-electron chi connectivity index (χ0n) is 11.6. The molecule has 0 unspecified atom stereocenters. The van der Waals surface area contributed by atoms with E-state index in [0.29, 0.717) is 12.3 Å². The molecule has 4 heteroatoms. The summed E-state index contributed by atoms with van der Waals surface area (Å²) in [4.78, 5) is 21.7. The van der Waals surface area contributed by atoms with Gasteiger partial charge in [0.15, 0.2) is 0 Å². The smallest absolute Gasteiger partial charge is 0.325 e. The number of ether oxygens (including phenoxy) is 1. The highest BCUT2D eigenvalue weighted by Gasteiger charge is 2.05. The summed E-state index contributed by atoms with van der Waals surface area (Å²) in [5.41, 5.74) is 0. The molecule has 17 heavy (non-hydrogen) atoms. The van der Waals surface area contributed by atoms with E-state index in [1.165, 1.54) is 7.11 Å². The van der Waals surface area contributed by atoms with Crippen molar-refractivity contribution in [1.82, 2.24) is 5.32 Å². The van der Waals surface area contributed by atoms with Crippen LogP contribution in [0.2, 0.25) is 0 Å². The Labute approximate surface area is 105 Å². The fourth-order valence-corrected chi connectivity index (χ4v) is 0.751. The van der Waals surface area contributed by atoms with Gasteiger partial charge < -0.3 is 10.1 Å². The van der Waals surface area contributed by atoms with Crippen LogP contribution < -0.4 is 5.32 Å². The van der Waals surface area contributed by atoms with Crippen LogP contribution in [0.5, 0.6) is 0 Å². The molecule has 4 nitrogen and oxygen atoms in total. The molecule has 0 aliphatic carbocycles. The van der Waals surface area contributed by atoms with E-state index in [4.69, 9.17) is 0 Å². The van der Waals surface area contributed by atoms with Crippen LogP contribution >= 0.6 is 0 Å². The summed E-state index contributed by atoms with van der Waals surface area (Å²) in [7, 11) is 1.29. The number of rotatable bonds is 5. The molecule has 0 spiro atoms. The van der Waals surface area contributed by atoms with Gasteiger partial charge in [-0.2, -0.15) is 0 Å². The molecule has 0 aromatic rings. The summed E-state index contributed by atoms with van der Waals surface area (Å²) in [6.45, 7) is 8.06. The highest BCUT2D eigenvalue weighted by atomic mass is 16.5. The van der Waals surface area contributed by atoms with Crippen LogP contribution in [0.4, 0.5) is 0 Å². The molecular formula is C13H25NO3. The van der Waals surface area contributed by atoms with Crippen molar-refractivity contribution in [1.29, 1.82) is 0 Å². The molecule has 0 fully saturated rings. The predicted octanol–water partition coefficient (Wildman–Crippen LogP) is 1.99. The fraction of sp³-hybridized carbons (Fsp3) is 0.692.